The molecule has 0 spiro atoms. The predicted molar refractivity (Wildman–Crippen MR) is 62.8 cm³/mol. The summed E-state index contributed by atoms with van der Waals surface area (Å²) < 4.78 is 0. The van der Waals surface area contributed by atoms with Gasteiger partial charge in [0.15, 0.2) is 0 Å². The second kappa shape index (κ2) is 2.86. The topological polar surface area (TPSA) is 14.1 Å². The van der Waals surface area contributed by atoms with Gasteiger partial charge < -0.3 is 0 Å². The Bertz CT molecular complexity index is 492. The van der Waals surface area contributed by atoms with Crippen molar-refractivity contribution in [2.45, 2.75) is 13.8 Å². The molecule has 0 fully saturated rings. The molecule has 1 heteroatoms. The van der Waals surface area contributed by atoms with Gasteiger partial charge in [0.25, 0.3) is 0 Å². The minimum absolute atomic E-state index is 1.10. The van der Waals surface area contributed by atoms with Crippen molar-refractivity contribution in [3.8, 4) is 11.1 Å². The van der Waals surface area contributed by atoms with Crippen molar-refractivity contribution in [1.29, 1.82) is 0 Å². The van der Waals surface area contributed by atoms with Crippen LogP contribution in [0.15, 0.2) is 36.4 Å². The Balaban J connectivity index is 2.28. The summed E-state index contributed by atoms with van der Waals surface area (Å²) in [5.41, 5.74) is 7.32. The third-order valence-electron chi connectivity index (χ3n) is 2.84. The van der Waals surface area contributed by atoms with E-state index in [9.17, 15) is 0 Å². The first-order valence-corrected chi connectivity index (χ1v) is 5.17. The average molecular weight is 194 g/mol. The van der Waals surface area contributed by atoms with E-state index in [1.54, 1.807) is 0 Å². The Morgan fingerprint density at radius 1 is 0.733 bits per heavy atom. The number of rotatable bonds is 0. The van der Waals surface area contributed by atoms with E-state index in [0.29, 0.717) is 0 Å². The maximum Gasteiger partial charge on any atom is 0.0716 e. The summed E-state index contributed by atoms with van der Waals surface area (Å²) in [4.78, 5) is 0. The fraction of sp³-hybridized carbons (Fsp3) is 0.143. The molecule has 0 unspecified atom stereocenters. The van der Waals surface area contributed by atoms with E-state index in [1.807, 2.05) is 0 Å². The molecule has 0 atom stereocenters. The molecule has 0 bridgehead atoms. The predicted octanol–water partition coefficient (Wildman–Crippen LogP) is 3.85. The molecule has 1 heterocycles. The van der Waals surface area contributed by atoms with Crippen molar-refractivity contribution in [2.24, 2.45) is 0 Å². The van der Waals surface area contributed by atoms with Crippen molar-refractivity contribution in [2.75, 3.05) is 0 Å². The van der Waals surface area contributed by atoms with Gasteiger partial charge in [-0.1, -0.05) is 23.3 Å². The van der Waals surface area contributed by atoms with Gasteiger partial charge in [0.2, 0.25) is 0 Å². The molecule has 1 nitrogen and oxygen atoms in total. The normalized spacial score (nSPS) is 11.9. The van der Waals surface area contributed by atoms with Crippen LogP contribution in [0.3, 0.4) is 0 Å². The maximum absolute atomic E-state index is 4.60. The van der Waals surface area contributed by atoms with Gasteiger partial charge in [0, 0.05) is 11.1 Å². The van der Waals surface area contributed by atoms with E-state index in [2.05, 4.69) is 55.6 Å². The minimum Gasteiger partial charge on any atom is -0.248 e. The van der Waals surface area contributed by atoms with E-state index in [0.717, 1.165) is 11.4 Å². The van der Waals surface area contributed by atoms with Crippen molar-refractivity contribution < 1.29 is 0 Å². The van der Waals surface area contributed by atoms with Gasteiger partial charge in [-0.05, 0) is 38.1 Å². The molecule has 0 N–H and O–H groups in total. The maximum atomic E-state index is 4.60. The summed E-state index contributed by atoms with van der Waals surface area (Å²) in [5, 5.41) is 4.60. The van der Waals surface area contributed by atoms with Crippen molar-refractivity contribution in [3.63, 3.8) is 0 Å². The van der Waals surface area contributed by atoms with Gasteiger partial charge in [-0.2, -0.15) is 0 Å². The van der Waals surface area contributed by atoms with Crippen LogP contribution in [-0.2, 0) is 0 Å². The first kappa shape index (κ1) is 8.54. The van der Waals surface area contributed by atoms with Crippen molar-refractivity contribution in [1.82, 2.24) is 5.32 Å². The van der Waals surface area contributed by atoms with Gasteiger partial charge >= 0.3 is 0 Å². The van der Waals surface area contributed by atoms with Crippen LogP contribution in [0.4, 0.5) is 11.4 Å². The first-order valence-electron chi connectivity index (χ1n) is 5.17. The molecule has 0 aromatic heterocycles. The zero-order valence-electron chi connectivity index (χ0n) is 8.91. The second-order valence-electron chi connectivity index (χ2n) is 4.15. The van der Waals surface area contributed by atoms with Crippen LogP contribution < -0.4 is 5.32 Å². The summed E-state index contributed by atoms with van der Waals surface area (Å²) >= 11 is 0. The molecule has 2 aromatic carbocycles. The largest absolute Gasteiger partial charge is 0.248 e. The number of hydrogen-bond donors (Lipinski definition) is 0. The first-order chi connectivity index (χ1) is 7.24. The lowest BCUT2D eigenvalue weighted by molar-refractivity contribution is 1.23. The molecule has 1 aliphatic rings. The summed E-state index contributed by atoms with van der Waals surface area (Å²) in [5.74, 6) is 0. The fourth-order valence-corrected chi connectivity index (χ4v) is 2.06. The van der Waals surface area contributed by atoms with E-state index < -0.39 is 0 Å². The molecule has 0 amide bonds. The number of hydrogen-bond acceptors (Lipinski definition) is 0. The van der Waals surface area contributed by atoms with Crippen molar-refractivity contribution in [3.05, 3.63) is 47.5 Å². The third-order valence-corrected chi connectivity index (χ3v) is 2.84. The van der Waals surface area contributed by atoms with Crippen molar-refractivity contribution >= 4 is 11.4 Å². The number of fused-ring (bicyclic) bond motifs is 3. The number of benzene rings is 2. The van der Waals surface area contributed by atoms with Gasteiger partial charge in [-0.25, -0.2) is 5.32 Å². The smallest absolute Gasteiger partial charge is 0.0716 e. The Hall–Kier alpha value is -1.76. The van der Waals surface area contributed by atoms with Crippen LogP contribution >= 0.6 is 0 Å². The zero-order valence-corrected chi connectivity index (χ0v) is 8.91. The number of nitrogens with zero attached hydrogens (tertiary/aromatic N) is 1. The summed E-state index contributed by atoms with van der Waals surface area (Å²) in [7, 11) is 0. The summed E-state index contributed by atoms with van der Waals surface area (Å²) in [6, 6.07) is 12.8. The van der Waals surface area contributed by atoms with Crippen LogP contribution in [0.2, 0.25) is 0 Å². The van der Waals surface area contributed by atoms with Gasteiger partial charge in [-0.3, -0.25) is 0 Å². The Labute approximate surface area is 89.8 Å². The lowest BCUT2D eigenvalue weighted by atomic mass is 10.0. The molecule has 15 heavy (non-hydrogen) atoms. The second-order valence-corrected chi connectivity index (χ2v) is 4.15. The lowest BCUT2D eigenvalue weighted by Gasteiger charge is -2.00. The monoisotopic (exact) mass is 194 g/mol. The zero-order chi connectivity index (χ0) is 10.4. The molecule has 1 aliphatic heterocycles. The van der Waals surface area contributed by atoms with E-state index in [4.69, 9.17) is 0 Å². The Morgan fingerprint density at radius 3 is 1.67 bits per heavy atom. The minimum atomic E-state index is 1.10. The van der Waals surface area contributed by atoms with Crippen LogP contribution in [0.25, 0.3) is 11.1 Å². The highest BCUT2D eigenvalue weighted by molar-refractivity contribution is 5.91. The molecular weight excluding hydrogens is 182 g/mol. The van der Waals surface area contributed by atoms with Crippen LogP contribution in [0.1, 0.15) is 11.1 Å². The van der Waals surface area contributed by atoms with E-state index >= 15 is 0 Å². The molecule has 3 rings (SSSR count). The van der Waals surface area contributed by atoms with Gasteiger partial charge in [0.1, 0.15) is 0 Å². The Kier molecular flexibility index (Phi) is 1.63. The SMILES string of the molecule is Cc1ccc2c(c1)-c1cc(C)ccc1[N]2. The van der Waals surface area contributed by atoms with Crippen LogP contribution in [0.5, 0.6) is 0 Å². The molecule has 1 radical (unpaired) electrons. The van der Waals surface area contributed by atoms with Crippen LogP contribution in [-0.4, -0.2) is 0 Å². The van der Waals surface area contributed by atoms with Crippen LogP contribution in [0, 0.1) is 13.8 Å². The number of aryl methyl sites for hydroxylation is 2. The molecule has 73 valence electrons. The van der Waals surface area contributed by atoms with Gasteiger partial charge in [0.05, 0.1) is 11.4 Å². The quantitative estimate of drug-likeness (QED) is 0.516. The highest BCUT2D eigenvalue weighted by Gasteiger charge is 2.18. The summed E-state index contributed by atoms with van der Waals surface area (Å²) in [6.07, 6.45) is 0. The third kappa shape index (κ3) is 1.23. The molecule has 2 aromatic rings. The average Bonchev–Trinajstić information content (AvgIpc) is 2.56. The van der Waals surface area contributed by atoms with Gasteiger partial charge in [-0.15, -0.1) is 0 Å². The molecule has 0 saturated heterocycles. The highest BCUT2D eigenvalue weighted by Crippen LogP contribution is 2.43. The fourth-order valence-electron chi connectivity index (χ4n) is 2.06. The molecule has 0 saturated carbocycles. The highest BCUT2D eigenvalue weighted by atomic mass is 14.9. The lowest BCUT2D eigenvalue weighted by Crippen LogP contribution is -1.81. The Morgan fingerprint density at radius 2 is 1.20 bits per heavy atom. The molecular formula is C14H12N. The molecule has 0 aliphatic carbocycles. The standard InChI is InChI=1S/C14H12N/c1-9-3-5-13-11(7-9)12-8-10(2)4-6-14(12)15-13/h3-8H,1-2H3. The summed E-state index contributed by atoms with van der Waals surface area (Å²) in [6.45, 7) is 4.24. The van der Waals surface area contributed by atoms with E-state index in [-0.39, 0.29) is 0 Å². The van der Waals surface area contributed by atoms with E-state index in [1.165, 1.54) is 22.3 Å².